The van der Waals surface area contributed by atoms with Gasteiger partial charge in [0.2, 0.25) is 0 Å². The monoisotopic (exact) mass is 1570 g/mol. The molecule has 26 nitrogen and oxygen atoms in total. The van der Waals surface area contributed by atoms with Crippen molar-refractivity contribution >= 4 is 75.6 Å². The van der Waals surface area contributed by atoms with Crippen LogP contribution in [0.25, 0.3) is 0 Å². The van der Waals surface area contributed by atoms with Crippen molar-refractivity contribution < 1.29 is 142 Å². The zero-order chi connectivity index (χ0) is 79.5. The fraction of sp³-hybridized carbons (Fsp3) is 0.709. The van der Waals surface area contributed by atoms with Crippen molar-refractivity contribution in [3.05, 3.63) is 58.7 Å². The molecule has 18 rings (SSSR count). The number of carbonyl (C=O) groups is 11. The maximum atomic E-state index is 13.0. The summed E-state index contributed by atoms with van der Waals surface area (Å²) in [6, 6.07) is 5.54. The number of carboxylic acid groups (broad SMARTS) is 3. The molecule has 0 spiro atoms. The average molecular weight is 1570 g/mol. The normalized spacial score (nSPS) is 35.7. The number of para-hydroxylation sites is 1. The van der Waals surface area contributed by atoms with Gasteiger partial charge in [-0.2, -0.15) is 0 Å². The number of carboxylic acids is 3. The quantitative estimate of drug-likeness (QED) is 0.0341. The number of carbonyl (C=O) groups excluding carboxylic acids is 9. The number of fused-ring (bicyclic) bond motifs is 6. The largest absolute Gasteiger partial charge is 0.872 e. The van der Waals surface area contributed by atoms with Gasteiger partial charge in [-0.1, -0.05) is 70.2 Å². The van der Waals surface area contributed by atoms with E-state index in [1.54, 1.807) is 6.92 Å². The first kappa shape index (κ1) is 81.5. The van der Waals surface area contributed by atoms with E-state index in [1.165, 1.54) is 56.4 Å². The fourth-order valence-electron chi connectivity index (χ4n) is 22.4. The molecule has 0 aromatic heterocycles. The van der Waals surface area contributed by atoms with Crippen LogP contribution in [0.5, 0.6) is 11.5 Å². The van der Waals surface area contributed by atoms with Crippen LogP contribution in [0.15, 0.2) is 24.3 Å². The van der Waals surface area contributed by atoms with Gasteiger partial charge in [0, 0.05) is 35.5 Å². The highest BCUT2D eigenvalue weighted by molar-refractivity contribution is 7.85. The molecule has 2 heterocycles. The van der Waals surface area contributed by atoms with Crippen LogP contribution in [0.3, 0.4) is 0 Å². The Bertz CT molecular complexity index is 3990. The zero-order valence-electron chi connectivity index (χ0n) is 61.7. The number of ketones is 1. The van der Waals surface area contributed by atoms with Crippen LogP contribution in [0, 0.1) is 129 Å². The fourth-order valence-corrected chi connectivity index (χ4v) is 23.6. The van der Waals surface area contributed by atoms with Crippen molar-refractivity contribution in [3.63, 3.8) is 0 Å². The van der Waals surface area contributed by atoms with Gasteiger partial charge in [-0.05, 0) is 194 Å². The number of Topliss-reactive ketones (excluding diaryl/α,β-unsaturated/α-hetero) is 1. The Labute approximate surface area is 633 Å². The molecule has 604 valence electrons. The van der Waals surface area contributed by atoms with Crippen molar-refractivity contribution in [2.75, 3.05) is 5.75 Å². The van der Waals surface area contributed by atoms with Crippen LogP contribution in [-0.2, 0) is 86.4 Å². The second kappa shape index (κ2) is 32.3. The molecule has 16 fully saturated rings. The molecule has 16 aliphatic rings. The highest BCUT2D eigenvalue weighted by Crippen LogP contribution is 2.65. The Balaban J connectivity index is 0.000000128. The molecule has 2 saturated heterocycles. The molecule has 18 atom stereocenters. The highest BCUT2D eigenvalue weighted by atomic mass is 32.2. The van der Waals surface area contributed by atoms with Gasteiger partial charge in [0.1, 0.15) is 48.0 Å². The summed E-state index contributed by atoms with van der Waals surface area (Å²) < 4.78 is 122. The summed E-state index contributed by atoms with van der Waals surface area (Å²) in [4.78, 5) is 129. The van der Waals surface area contributed by atoms with Gasteiger partial charge in [-0.25, -0.2) is 40.4 Å². The van der Waals surface area contributed by atoms with Crippen LogP contribution in [0.4, 0.5) is 17.6 Å². The average Bonchev–Trinajstić information content (AvgIpc) is 1.53. The molecular weight excluding hydrogens is 1470 g/mol. The first-order valence-corrected chi connectivity index (χ1v) is 40.3. The van der Waals surface area contributed by atoms with E-state index in [4.69, 9.17) is 43.4 Å². The van der Waals surface area contributed by atoms with Crippen molar-refractivity contribution in [3.8, 4) is 11.5 Å². The molecule has 2 aromatic rings. The number of hydrogen-bond acceptors (Lipinski definition) is 24. The van der Waals surface area contributed by atoms with Crippen molar-refractivity contribution in [1.82, 2.24) is 0 Å². The molecule has 0 radical (unpaired) electrons. The van der Waals surface area contributed by atoms with E-state index in [1.807, 2.05) is 13.8 Å². The lowest BCUT2D eigenvalue weighted by molar-refractivity contribution is -0.306. The van der Waals surface area contributed by atoms with E-state index in [9.17, 15) is 98.6 Å². The van der Waals surface area contributed by atoms with Crippen LogP contribution in [0.1, 0.15) is 215 Å². The molecule has 0 amide bonds. The summed E-state index contributed by atoms with van der Waals surface area (Å²) in [5, 5.41) is 48.3. The summed E-state index contributed by atoms with van der Waals surface area (Å²) in [5.41, 5.74) is -3.62. The number of aliphatic carboxylic acids is 1. The lowest BCUT2D eigenvalue weighted by Gasteiger charge is -2.55. The topological polar surface area (TPSA) is 419 Å². The standard InChI is InChI=1S/C22H34O4.C21H24O8.C12H16O4.C10H16O4S.C7H2F4O3.C7H6O3/c1-14-12-15-13-18(14)20(22(24)26-17-10-6-3-7-11-17)19(15)21(23)25-16-8-4-2-5-9-16;1-7(19(23)27-16-9-4-11-13(6-9)21(25)29-18(11)16)2-14(22)26-15-8-3-10-12(5-8)20(24)28-17(10)15;13-10(14)11(15)16-12-4-7-1-8(5-12)3-9(2-7)6-12;1-9(2)7-3-4-10(9,8(11)5-7)6-15(12,13)14;8-2-1(7(13)14)6(12)5(11)4(10)3(2)9;8-6-4-2-1-3-5(6)7(9)10/h14-20H,2-13H2,1H3;7-13,15-18H,2-6H2,1H3;7-9H,1-6H2,(H,13,14);7H,3-6H2,1-2H3,(H,12,13,14);12H,(H,13,14);1-4,8H,(H,9,10)/p-4. The number of esters is 7. The Morgan fingerprint density at radius 1 is 0.618 bits per heavy atom. The Morgan fingerprint density at radius 3 is 1.58 bits per heavy atom. The second-order valence-electron chi connectivity index (χ2n) is 34.3. The third-order valence-electron chi connectivity index (χ3n) is 27.3. The lowest BCUT2D eigenvalue weighted by atomic mass is 9.54. The van der Waals surface area contributed by atoms with E-state index in [0.29, 0.717) is 48.3 Å². The van der Waals surface area contributed by atoms with E-state index < -0.39 is 115 Å². The predicted octanol–water partition coefficient (Wildman–Crippen LogP) is 8.29. The number of ether oxygens (including phenoxy) is 7. The molecule has 110 heavy (non-hydrogen) atoms. The molecule has 18 unspecified atom stereocenters. The molecule has 2 aromatic carbocycles. The minimum absolute atomic E-state index is 0.0248. The number of rotatable bonds is 14. The van der Waals surface area contributed by atoms with E-state index in [0.717, 1.165) is 116 Å². The van der Waals surface area contributed by atoms with Gasteiger partial charge in [0.25, 0.3) is 0 Å². The molecule has 14 aliphatic carbocycles. The summed E-state index contributed by atoms with van der Waals surface area (Å²) >= 11 is 0. The molecule has 12 bridgehead atoms. The SMILES string of the molecule is CC(CC(=O)OC1C2CC3C(=O)OC1C3C2)C(=O)OC1C2CC3C(=O)OC1C3C2.CC1(C)C2CCC1(CS(=O)(=O)[O-])C(=O)C2.CC1CC2CC1C(C(=O)OC1CCCCC1)C2C(=O)OC1CCCCC1.O=C(O)c1c([O-])c(F)c(F)c(F)c1F.O=C(O)c1ccccc1[O-].O=C([O-])C(=O)OC12CC3CC(CC(C3)C1)C2. The first-order valence-electron chi connectivity index (χ1n) is 38.8. The van der Waals surface area contributed by atoms with E-state index >= 15 is 0 Å². The van der Waals surface area contributed by atoms with Crippen LogP contribution < -0.4 is 15.3 Å². The number of halogens is 4. The number of hydrogen-bond donors (Lipinski definition) is 2. The van der Waals surface area contributed by atoms with Gasteiger partial charge < -0.3 is 68.0 Å². The third kappa shape index (κ3) is 16.5. The maximum Gasteiger partial charge on any atom is 0.354 e. The van der Waals surface area contributed by atoms with Crippen LogP contribution >= 0.6 is 0 Å². The maximum absolute atomic E-state index is 13.0. The predicted molar refractivity (Wildman–Crippen MR) is 362 cm³/mol. The minimum atomic E-state index is -4.33. The van der Waals surface area contributed by atoms with Crippen LogP contribution in [-0.4, -0.2) is 137 Å². The number of benzene rings is 2. The Hall–Kier alpha value is -7.96. The third-order valence-corrected chi connectivity index (χ3v) is 28.2. The smallest absolute Gasteiger partial charge is 0.354 e. The molecule has 2 aliphatic heterocycles. The Kier molecular flexibility index (Phi) is 23.9. The first-order chi connectivity index (χ1) is 51.9. The van der Waals surface area contributed by atoms with Gasteiger partial charge >= 0.3 is 53.7 Å². The Morgan fingerprint density at radius 2 is 1.12 bits per heavy atom. The minimum Gasteiger partial charge on any atom is -0.872 e. The lowest BCUT2D eigenvalue weighted by Crippen LogP contribution is -2.54. The molecule has 2 N–H and O–H groups in total. The molecular formula is C79H94F4O26S-4. The van der Waals surface area contributed by atoms with Gasteiger partial charge in [-0.15, -0.1) is 0 Å². The molecule has 31 heteroatoms. The number of aromatic carboxylic acids is 2. The summed E-state index contributed by atoms with van der Waals surface area (Å²) in [6.45, 7) is 7.71. The summed E-state index contributed by atoms with van der Waals surface area (Å²) in [5.74, 6) is -17.0. The summed E-state index contributed by atoms with van der Waals surface area (Å²) in [6.07, 6.45) is 23.1. The zero-order valence-corrected chi connectivity index (χ0v) is 62.5. The van der Waals surface area contributed by atoms with Gasteiger partial charge in [0.15, 0.2) is 29.2 Å². The van der Waals surface area contributed by atoms with Gasteiger partial charge in [0.05, 0.1) is 63.0 Å². The van der Waals surface area contributed by atoms with Crippen molar-refractivity contribution in [2.45, 2.75) is 237 Å². The molecule has 14 saturated carbocycles. The van der Waals surface area contributed by atoms with Crippen LogP contribution in [0.2, 0.25) is 0 Å². The van der Waals surface area contributed by atoms with Crippen molar-refractivity contribution in [2.24, 2.45) is 106 Å². The van der Waals surface area contributed by atoms with E-state index in [2.05, 4.69) is 6.92 Å². The second-order valence-corrected chi connectivity index (χ2v) is 35.7. The van der Waals surface area contributed by atoms with E-state index in [-0.39, 0.29) is 131 Å². The summed E-state index contributed by atoms with van der Waals surface area (Å²) in [7, 11) is -4.33. The van der Waals surface area contributed by atoms with Crippen molar-refractivity contribution in [1.29, 1.82) is 0 Å². The highest BCUT2D eigenvalue weighted by Gasteiger charge is 2.67. The van der Waals surface area contributed by atoms with Gasteiger partial charge in [-0.3, -0.25) is 33.6 Å².